The normalized spacial score (nSPS) is 20.1. The van der Waals surface area contributed by atoms with Gasteiger partial charge in [0.1, 0.15) is 4.90 Å². The number of morpholine rings is 1. The quantitative estimate of drug-likeness (QED) is 0.705. The van der Waals surface area contributed by atoms with Gasteiger partial charge in [-0.15, -0.1) is 0 Å². The SMILES string of the molecule is O=C(c1cc(S(=O)(=O)N2CCOCC2)c(Cl)cc1Cl)N1CCC(Nc2ccccc2)C1. The number of rotatable bonds is 5. The first kappa shape index (κ1) is 22.4. The molecule has 2 heterocycles. The third-order valence-corrected chi connectivity index (χ3v) is 8.14. The van der Waals surface area contributed by atoms with E-state index < -0.39 is 10.0 Å². The predicted molar refractivity (Wildman–Crippen MR) is 120 cm³/mol. The zero-order chi connectivity index (χ0) is 22.0. The maximum atomic E-state index is 13.2. The van der Waals surface area contributed by atoms with E-state index in [1.54, 1.807) is 4.90 Å². The molecule has 0 bridgehead atoms. The Labute approximate surface area is 191 Å². The Morgan fingerprint density at radius 2 is 1.74 bits per heavy atom. The number of amides is 1. The Morgan fingerprint density at radius 1 is 1.03 bits per heavy atom. The highest BCUT2D eigenvalue weighted by Gasteiger charge is 2.32. The van der Waals surface area contributed by atoms with Crippen LogP contribution in [-0.4, -0.2) is 69.0 Å². The molecule has 10 heteroatoms. The van der Waals surface area contributed by atoms with Gasteiger partial charge in [0.2, 0.25) is 10.0 Å². The van der Waals surface area contributed by atoms with Gasteiger partial charge in [-0.1, -0.05) is 41.4 Å². The standard InChI is InChI=1S/C21H23Cl2N3O4S/c22-18-13-19(23)20(31(28,29)26-8-10-30-11-9-26)12-17(18)21(27)25-7-6-16(14-25)24-15-4-2-1-3-5-15/h1-5,12-13,16,24H,6-11,14H2. The zero-order valence-electron chi connectivity index (χ0n) is 16.8. The number of nitrogens with zero attached hydrogens (tertiary/aromatic N) is 2. The van der Waals surface area contributed by atoms with Crippen LogP contribution in [0.15, 0.2) is 47.4 Å². The lowest BCUT2D eigenvalue weighted by Gasteiger charge is -2.27. The Hall–Kier alpha value is -1.84. The lowest BCUT2D eigenvalue weighted by atomic mass is 10.2. The maximum absolute atomic E-state index is 13.2. The average molecular weight is 484 g/mol. The van der Waals surface area contributed by atoms with E-state index in [4.69, 9.17) is 27.9 Å². The fraction of sp³-hybridized carbons (Fsp3) is 0.381. The topological polar surface area (TPSA) is 79.0 Å². The molecule has 1 atom stereocenters. The smallest absolute Gasteiger partial charge is 0.255 e. The first-order valence-electron chi connectivity index (χ1n) is 10.0. The van der Waals surface area contributed by atoms with Gasteiger partial charge >= 0.3 is 0 Å². The minimum atomic E-state index is -3.86. The molecule has 2 aromatic rings. The number of hydrogen-bond donors (Lipinski definition) is 1. The van der Waals surface area contributed by atoms with Crippen LogP contribution in [0.2, 0.25) is 10.0 Å². The molecule has 0 saturated carbocycles. The predicted octanol–water partition coefficient (Wildman–Crippen LogP) is 3.34. The Kier molecular flexibility index (Phi) is 6.74. The van der Waals surface area contributed by atoms with Crippen LogP contribution in [0.3, 0.4) is 0 Å². The molecule has 2 saturated heterocycles. The van der Waals surface area contributed by atoms with Crippen LogP contribution < -0.4 is 5.32 Å². The van der Waals surface area contributed by atoms with Crippen LogP contribution in [-0.2, 0) is 14.8 Å². The second kappa shape index (κ2) is 9.34. The number of para-hydroxylation sites is 1. The number of anilines is 1. The summed E-state index contributed by atoms with van der Waals surface area (Å²) in [4.78, 5) is 14.7. The van der Waals surface area contributed by atoms with E-state index >= 15 is 0 Å². The Bertz CT molecular complexity index is 1060. The van der Waals surface area contributed by atoms with Crippen molar-refractivity contribution in [2.75, 3.05) is 44.7 Å². The largest absolute Gasteiger partial charge is 0.380 e. The van der Waals surface area contributed by atoms with E-state index in [0.29, 0.717) is 26.3 Å². The summed E-state index contributed by atoms with van der Waals surface area (Å²) >= 11 is 12.5. The lowest BCUT2D eigenvalue weighted by Crippen LogP contribution is -2.40. The van der Waals surface area contributed by atoms with Crippen molar-refractivity contribution in [2.24, 2.45) is 0 Å². The molecule has 166 valence electrons. The molecule has 0 radical (unpaired) electrons. The van der Waals surface area contributed by atoms with E-state index in [2.05, 4.69) is 5.32 Å². The fourth-order valence-corrected chi connectivity index (χ4v) is 6.06. The summed E-state index contributed by atoms with van der Waals surface area (Å²) in [7, 11) is -3.86. The van der Waals surface area contributed by atoms with Crippen LogP contribution in [0, 0.1) is 0 Å². The molecule has 4 rings (SSSR count). The van der Waals surface area contributed by atoms with Gasteiger partial charge < -0.3 is 15.0 Å². The van der Waals surface area contributed by atoms with Gasteiger partial charge in [0.25, 0.3) is 5.91 Å². The molecule has 2 aromatic carbocycles. The Morgan fingerprint density at radius 3 is 2.45 bits per heavy atom. The van der Waals surface area contributed by atoms with Crippen LogP contribution in [0.1, 0.15) is 16.8 Å². The molecular formula is C21H23Cl2N3O4S. The van der Waals surface area contributed by atoms with Gasteiger partial charge in [0.15, 0.2) is 0 Å². The van der Waals surface area contributed by atoms with Crippen LogP contribution in [0.25, 0.3) is 0 Å². The molecule has 2 aliphatic rings. The van der Waals surface area contributed by atoms with Crippen LogP contribution in [0.5, 0.6) is 0 Å². The molecular weight excluding hydrogens is 461 g/mol. The van der Waals surface area contributed by atoms with E-state index in [0.717, 1.165) is 12.1 Å². The number of sulfonamides is 1. The summed E-state index contributed by atoms with van der Waals surface area (Å²) in [5, 5.41) is 3.55. The molecule has 31 heavy (non-hydrogen) atoms. The molecule has 1 amide bonds. The summed E-state index contributed by atoms with van der Waals surface area (Å²) in [5.74, 6) is -0.308. The molecule has 0 aliphatic carbocycles. The second-order valence-corrected chi connectivity index (χ2v) is 10.2. The maximum Gasteiger partial charge on any atom is 0.255 e. The van der Waals surface area contributed by atoms with Crippen molar-refractivity contribution in [2.45, 2.75) is 17.4 Å². The van der Waals surface area contributed by atoms with Gasteiger partial charge in [0.05, 0.1) is 28.8 Å². The van der Waals surface area contributed by atoms with Crippen molar-refractivity contribution in [3.63, 3.8) is 0 Å². The minimum absolute atomic E-state index is 0.00177. The van der Waals surface area contributed by atoms with E-state index in [1.165, 1.54) is 16.4 Å². The molecule has 1 N–H and O–H groups in total. The number of carbonyl (C=O) groups is 1. The van der Waals surface area contributed by atoms with Crippen LogP contribution >= 0.6 is 23.2 Å². The highest BCUT2D eigenvalue weighted by molar-refractivity contribution is 7.89. The number of benzene rings is 2. The van der Waals surface area contributed by atoms with Crippen molar-refractivity contribution in [3.05, 3.63) is 58.1 Å². The summed E-state index contributed by atoms with van der Waals surface area (Å²) < 4.78 is 32.7. The Balaban J connectivity index is 1.54. The molecule has 2 aliphatic heterocycles. The monoisotopic (exact) mass is 483 g/mol. The first-order valence-corrected chi connectivity index (χ1v) is 12.2. The number of hydrogen-bond acceptors (Lipinski definition) is 5. The molecule has 0 spiro atoms. The number of nitrogens with one attached hydrogen (secondary N) is 1. The third kappa shape index (κ3) is 4.83. The molecule has 2 fully saturated rings. The van der Waals surface area contributed by atoms with E-state index in [9.17, 15) is 13.2 Å². The van der Waals surface area contributed by atoms with Crippen LogP contribution in [0.4, 0.5) is 5.69 Å². The lowest BCUT2D eigenvalue weighted by molar-refractivity contribution is 0.0730. The van der Waals surface area contributed by atoms with E-state index in [1.807, 2.05) is 30.3 Å². The second-order valence-electron chi connectivity index (χ2n) is 7.53. The van der Waals surface area contributed by atoms with Crippen molar-refractivity contribution < 1.29 is 17.9 Å². The average Bonchev–Trinajstić information content (AvgIpc) is 3.23. The number of likely N-dealkylation sites (tertiary alicyclic amines) is 1. The zero-order valence-corrected chi connectivity index (χ0v) is 19.1. The first-order chi connectivity index (χ1) is 14.9. The van der Waals surface area contributed by atoms with Gasteiger partial charge in [-0.2, -0.15) is 4.31 Å². The minimum Gasteiger partial charge on any atom is -0.380 e. The number of ether oxygens (including phenoxy) is 1. The number of halogens is 2. The number of carbonyl (C=O) groups excluding carboxylic acids is 1. The summed E-state index contributed by atoms with van der Waals surface area (Å²) in [6.07, 6.45) is 0.783. The van der Waals surface area contributed by atoms with Crippen molar-refractivity contribution in [1.29, 1.82) is 0 Å². The van der Waals surface area contributed by atoms with Crippen molar-refractivity contribution in [1.82, 2.24) is 9.21 Å². The molecule has 7 nitrogen and oxygen atoms in total. The summed E-state index contributed by atoms with van der Waals surface area (Å²) in [5.41, 5.74) is 1.13. The van der Waals surface area contributed by atoms with Crippen molar-refractivity contribution >= 4 is 44.8 Å². The molecule has 0 aromatic heterocycles. The highest BCUT2D eigenvalue weighted by Crippen LogP contribution is 2.32. The summed E-state index contributed by atoms with van der Waals surface area (Å²) in [6.45, 7) is 2.17. The fourth-order valence-electron chi connectivity index (χ4n) is 3.82. The van der Waals surface area contributed by atoms with Gasteiger partial charge in [-0.3, -0.25) is 4.79 Å². The molecule has 1 unspecified atom stereocenters. The highest BCUT2D eigenvalue weighted by atomic mass is 35.5. The van der Waals surface area contributed by atoms with Gasteiger partial charge in [-0.05, 0) is 30.7 Å². The van der Waals surface area contributed by atoms with Crippen molar-refractivity contribution in [3.8, 4) is 0 Å². The third-order valence-electron chi connectivity index (χ3n) is 5.46. The van der Waals surface area contributed by atoms with Gasteiger partial charge in [0, 0.05) is 37.9 Å². The summed E-state index contributed by atoms with van der Waals surface area (Å²) in [6, 6.07) is 12.5. The van der Waals surface area contributed by atoms with Gasteiger partial charge in [-0.25, -0.2) is 8.42 Å². The van der Waals surface area contributed by atoms with E-state index in [-0.39, 0.29) is 45.5 Å².